The second kappa shape index (κ2) is 6.41. The predicted molar refractivity (Wildman–Crippen MR) is 89.9 cm³/mol. The number of carbonyl (C=O) groups excluding carboxylic acids is 1. The van der Waals surface area contributed by atoms with Crippen LogP contribution in [0.3, 0.4) is 0 Å². The second-order valence-corrected chi connectivity index (χ2v) is 7.90. The molecule has 0 saturated carbocycles. The summed E-state index contributed by atoms with van der Waals surface area (Å²) in [6, 6.07) is 9.63. The van der Waals surface area contributed by atoms with Crippen molar-refractivity contribution in [3.8, 4) is 11.3 Å². The van der Waals surface area contributed by atoms with Gasteiger partial charge < -0.3 is 10.2 Å². The van der Waals surface area contributed by atoms with Crippen molar-refractivity contribution >= 4 is 15.9 Å². The number of hydrogen-bond donors (Lipinski definition) is 1. The number of nitrogens with zero attached hydrogens (tertiary/aromatic N) is 1. The maximum absolute atomic E-state index is 12.8. The van der Waals surface area contributed by atoms with Crippen LogP contribution in [0.2, 0.25) is 0 Å². The van der Waals surface area contributed by atoms with E-state index in [-0.39, 0.29) is 16.7 Å². The molecule has 2 heterocycles. The smallest absolute Gasteiger partial charge is 0.284 e. The Bertz CT molecular complexity index is 840. The van der Waals surface area contributed by atoms with Crippen molar-refractivity contribution in [2.24, 2.45) is 5.73 Å². The van der Waals surface area contributed by atoms with Crippen molar-refractivity contribution in [2.45, 2.75) is 37.1 Å². The Labute approximate surface area is 141 Å². The predicted octanol–water partition coefficient (Wildman–Crippen LogP) is 2.61. The van der Waals surface area contributed by atoms with Crippen LogP contribution in [0.15, 0.2) is 45.7 Å². The van der Waals surface area contributed by atoms with Gasteiger partial charge in [0, 0.05) is 18.2 Å². The molecule has 0 aliphatic carbocycles. The van der Waals surface area contributed by atoms with Crippen LogP contribution in [-0.4, -0.2) is 31.2 Å². The molecular weight excluding hydrogens is 328 g/mol. The average Bonchev–Trinajstić information content (AvgIpc) is 3.05. The van der Waals surface area contributed by atoms with Crippen LogP contribution in [0.5, 0.6) is 0 Å². The molecule has 6 nitrogen and oxygen atoms in total. The number of amides is 1. The number of piperidine rings is 1. The first-order chi connectivity index (χ1) is 11.4. The van der Waals surface area contributed by atoms with Crippen molar-refractivity contribution in [2.75, 3.05) is 6.54 Å². The number of rotatable bonds is 4. The summed E-state index contributed by atoms with van der Waals surface area (Å²) in [5.74, 6) is -0.0949. The lowest BCUT2D eigenvalue weighted by Crippen LogP contribution is -2.41. The van der Waals surface area contributed by atoms with E-state index in [9.17, 15) is 13.2 Å². The minimum atomic E-state index is -3.49. The van der Waals surface area contributed by atoms with Crippen molar-refractivity contribution in [1.29, 1.82) is 0 Å². The number of hydrogen-bond acceptors (Lipinski definition) is 4. The molecule has 128 valence electrons. The molecule has 7 heteroatoms. The fourth-order valence-electron chi connectivity index (χ4n) is 2.98. The van der Waals surface area contributed by atoms with E-state index in [1.165, 1.54) is 6.07 Å². The molecule has 1 aromatic carbocycles. The SMILES string of the molecule is CC1CCCCN1S(=O)(=O)c1ccc(-c2ccc(C(N)=O)o2)cc1. The molecule has 1 fully saturated rings. The van der Waals surface area contributed by atoms with Gasteiger partial charge in [0.15, 0.2) is 5.76 Å². The van der Waals surface area contributed by atoms with Gasteiger partial charge >= 0.3 is 0 Å². The average molecular weight is 348 g/mol. The third-order valence-electron chi connectivity index (χ3n) is 4.34. The highest BCUT2D eigenvalue weighted by molar-refractivity contribution is 7.89. The van der Waals surface area contributed by atoms with Gasteiger partial charge in [-0.05, 0) is 56.2 Å². The summed E-state index contributed by atoms with van der Waals surface area (Å²) in [6.45, 7) is 2.50. The maximum Gasteiger partial charge on any atom is 0.284 e. The third-order valence-corrected chi connectivity index (χ3v) is 6.36. The molecule has 3 rings (SSSR count). The normalized spacial score (nSPS) is 19.3. The first kappa shape index (κ1) is 16.7. The summed E-state index contributed by atoms with van der Waals surface area (Å²) in [5.41, 5.74) is 5.85. The number of primary amides is 1. The lowest BCUT2D eigenvalue weighted by Gasteiger charge is -2.32. The minimum Gasteiger partial charge on any atom is -0.451 e. The van der Waals surface area contributed by atoms with Crippen molar-refractivity contribution in [1.82, 2.24) is 4.31 Å². The maximum atomic E-state index is 12.8. The largest absolute Gasteiger partial charge is 0.451 e. The van der Waals surface area contributed by atoms with E-state index in [1.807, 2.05) is 6.92 Å². The minimum absolute atomic E-state index is 0.0200. The first-order valence-electron chi connectivity index (χ1n) is 7.91. The van der Waals surface area contributed by atoms with Crippen LogP contribution >= 0.6 is 0 Å². The van der Waals surface area contributed by atoms with Crippen molar-refractivity contribution < 1.29 is 17.6 Å². The van der Waals surface area contributed by atoms with E-state index in [2.05, 4.69) is 0 Å². The molecule has 1 atom stereocenters. The van der Waals surface area contributed by atoms with Crippen molar-refractivity contribution in [3.63, 3.8) is 0 Å². The molecule has 1 aromatic heterocycles. The van der Waals surface area contributed by atoms with E-state index in [1.54, 1.807) is 34.6 Å². The molecule has 0 radical (unpaired) electrons. The van der Waals surface area contributed by atoms with E-state index < -0.39 is 15.9 Å². The molecule has 1 saturated heterocycles. The van der Waals surface area contributed by atoms with E-state index in [0.717, 1.165) is 19.3 Å². The van der Waals surface area contributed by atoms with Crippen LogP contribution in [-0.2, 0) is 10.0 Å². The van der Waals surface area contributed by atoms with Gasteiger partial charge in [0.05, 0.1) is 4.90 Å². The van der Waals surface area contributed by atoms with E-state index in [0.29, 0.717) is 17.9 Å². The molecule has 1 amide bonds. The van der Waals surface area contributed by atoms with E-state index in [4.69, 9.17) is 10.2 Å². The summed E-state index contributed by atoms with van der Waals surface area (Å²) in [4.78, 5) is 11.3. The summed E-state index contributed by atoms with van der Waals surface area (Å²) >= 11 is 0. The highest BCUT2D eigenvalue weighted by Gasteiger charge is 2.30. The van der Waals surface area contributed by atoms with Gasteiger partial charge in [-0.25, -0.2) is 8.42 Å². The summed E-state index contributed by atoms with van der Waals surface area (Å²) < 4.78 is 32.5. The summed E-state index contributed by atoms with van der Waals surface area (Å²) in [7, 11) is -3.49. The van der Waals surface area contributed by atoms with Crippen LogP contribution in [0.4, 0.5) is 0 Å². The molecule has 2 N–H and O–H groups in total. The lowest BCUT2D eigenvalue weighted by molar-refractivity contribution is 0.0974. The molecule has 1 unspecified atom stereocenters. The number of carbonyl (C=O) groups is 1. The Hall–Kier alpha value is -2.12. The van der Waals surface area contributed by atoms with Gasteiger partial charge in [0.2, 0.25) is 10.0 Å². The summed E-state index contributed by atoms with van der Waals surface area (Å²) in [6.07, 6.45) is 2.84. The zero-order valence-electron chi connectivity index (χ0n) is 13.4. The Balaban J connectivity index is 1.86. The van der Waals surface area contributed by atoms with Crippen LogP contribution in [0.1, 0.15) is 36.7 Å². The fraction of sp³-hybridized carbons (Fsp3) is 0.353. The highest BCUT2D eigenvalue weighted by atomic mass is 32.2. The van der Waals surface area contributed by atoms with E-state index >= 15 is 0 Å². The molecule has 1 aliphatic rings. The van der Waals surface area contributed by atoms with Gasteiger partial charge in [0.25, 0.3) is 5.91 Å². The fourth-order valence-corrected chi connectivity index (χ4v) is 4.68. The standard InChI is InChI=1S/C17H20N2O4S/c1-12-4-2-3-11-19(12)24(21,22)14-7-5-13(6-8-14)15-9-10-16(23-15)17(18)20/h5-10,12H,2-4,11H2,1H3,(H2,18,20). The highest BCUT2D eigenvalue weighted by Crippen LogP contribution is 2.28. The number of sulfonamides is 1. The number of nitrogens with two attached hydrogens (primary N) is 1. The Morgan fingerprint density at radius 3 is 2.46 bits per heavy atom. The van der Waals surface area contributed by atoms with Crippen LogP contribution in [0, 0.1) is 0 Å². The van der Waals surface area contributed by atoms with Crippen LogP contribution in [0.25, 0.3) is 11.3 Å². The van der Waals surface area contributed by atoms with Gasteiger partial charge in [-0.1, -0.05) is 6.42 Å². The Kier molecular flexibility index (Phi) is 4.47. The van der Waals surface area contributed by atoms with Gasteiger partial charge in [-0.2, -0.15) is 4.31 Å². The molecule has 2 aromatic rings. The van der Waals surface area contributed by atoms with Crippen LogP contribution < -0.4 is 5.73 Å². The summed E-state index contributed by atoms with van der Waals surface area (Å²) in [5, 5.41) is 0. The molecule has 1 aliphatic heterocycles. The van der Waals surface area contributed by atoms with Gasteiger partial charge in [0.1, 0.15) is 5.76 Å². The third kappa shape index (κ3) is 3.09. The van der Waals surface area contributed by atoms with Gasteiger partial charge in [-0.3, -0.25) is 4.79 Å². The quantitative estimate of drug-likeness (QED) is 0.919. The Morgan fingerprint density at radius 1 is 1.17 bits per heavy atom. The van der Waals surface area contributed by atoms with Crippen molar-refractivity contribution in [3.05, 3.63) is 42.2 Å². The first-order valence-corrected chi connectivity index (χ1v) is 9.35. The monoisotopic (exact) mass is 348 g/mol. The zero-order valence-corrected chi connectivity index (χ0v) is 14.3. The molecule has 0 bridgehead atoms. The second-order valence-electron chi connectivity index (χ2n) is 6.01. The molecule has 0 spiro atoms. The van der Waals surface area contributed by atoms with Gasteiger partial charge in [-0.15, -0.1) is 0 Å². The lowest BCUT2D eigenvalue weighted by atomic mass is 10.1. The molecule has 24 heavy (non-hydrogen) atoms. The molecular formula is C17H20N2O4S. The number of furan rings is 1. The Morgan fingerprint density at radius 2 is 1.88 bits per heavy atom. The zero-order chi connectivity index (χ0) is 17.3. The number of benzene rings is 1. The topological polar surface area (TPSA) is 93.6 Å².